The Hall–Kier alpha value is -2.25. The van der Waals surface area contributed by atoms with Gasteiger partial charge in [-0.05, 0) is 26.8 Å². The maximum absolute atomic E-state index is 11.8. The number of carbonyl (C=O) groups is 1. The first-order valence-electron chi connectivity index (χ1n) is 9.64. The SMILES string of the molecule is Cc1ccc(-c2noc(CN3CCN(C)C4(CCNC(=O)CC4)C3)n2)cc1. The summed E-state index contributed by atoms with van der Waals surface area (Å²) in [6.07, 6.45) is 2.46. The van der Waals surface area contributed by atoms with Gasteiger partial charge >= 0.3 is 0 Å². The van der Waals surface area contributed by atoms with E-state index in [1.807, 2.05) is 12.1 Å². The number of hydrogen-bond acceptors (Lipinski definition) is 6. The van der Waals surface area contributed by atoms with Crippen LogP contribution in [-0.2, 0) is 11.3 Å². The molecular weight excluding hydrogens is 342 g/mol. The highest BCUT2D eigenvalue weighted by Gasteiger charge is 2.41. The van der Waals surface area contributed by atoms with Gasteiger partial charge in [-0.1, -0.05) is 35.0 Å². The summed E-state index contributed by atoms with van der Waals surface area (Å²) < 4.78 is 5.51. The van der Waals surface area contributed by atoms with Crippen LogP contribution in [0.15, 0.2) is 28.8 Å². The molecule has 1 amide bonds. The highest BCUT2D eigenvalue weighted by molar-refractivity contribution is 5.76. The number of carbonyl (C=O) groups excluding carboxylic acids is 1. The van der Waals surface area contributed by atoms with Gasteiger partial charge in [0.2, 0.25) is 17.6 Å². The fraction of sp³-hybridized carbons (Fsp3) is 0.550. The van der Waals surface area contributed by atoms with Gasteiger partial charge in [0.05, 0.1) is 6.54 Å². The van der Waals surface area contributed by atoms with E-state index in [0.717, 1.165) is 44.6 Å². The highest BCUT2D eigenvalue weighted by atomic mass is 16.5. The van der Waals surface area contributed by atoms with Crippen LogP contribution in [0.3, 0.4) is 0 Å². The summed E-state index contributed by atoms with van der Waals surface area (Å²) in [6, 6.07) is 8.14. The average molecular weight is 369 g/mol. The van der Waals surface area contributed by atoms with Crippen LogP contribution >= 0.6 is 0 Å². The van der Waals surface area contributed by atoms with Crippen LogP contribution in [0, 0.1) is 6.92 Å². The Bertz CT molecular complexity index is 803. The first-order valence-corrected chi connectivity index (χ1v) is 9.64. The Morgan fingerprint density at radius 1 is 1.22 bits per heavy atom. The second-order valence-corrected chi connectivity index (χ2v) is 7.83. The molecule has 2 aromatic rings. The second kappa shape index (κ2) is 7.40. The molecule has 1 spiro atoms. The quantitative estimate of drug-likeness (QED) is 0.890. The van der Waals surface area contributed by atoms with Crippen molar-refractivity contribution in [1.29, 1.82) is 0 Å². The lowest BCUT2D eigenvalue weighted by Gasteiger charge is -2.49. The predicted octanol–water partition coefficient (Wildman–Crippen LogP) is 1.83. The van der Waals surface area contributed by atoms with E-state index in [1.54, 1.807) is 0 Å². The van der Waals surface area contributed by atoms with Gasteiger partial charge in [-0.15, -0.1) is 0 Å². The van der Waals surface area contributed by atoms with Gasteiger partial charge in [-0.25, -0.2) is 0 Å². The van der Waals surface area contributed by atoms with Crippen molar-refractivity contribution >= 4 is 5.91 Å². The molecule has 0 aliphatic carbocycles. The van der Waals surface area contributed by atoms with E-state index in [0.29, 0.717) is 24.7 Å². The monoisotopic (exact) mass is 369 g/mol. The topological polar surface area (TPSA) is 74.5 Å². The van der Waals surface area contributed by atoms with Crippen LogP contribution in [-0.4, -0.2) is 64.6 Å². The van der Waals surface area contributed by atoms with E-state index in [1.165, 1.54) is 5.56 Å². The molecule has 2 aliphatic rings. The Labute approximate surface area is 159 Å². The smallest absolute Gasteiger partial charge is 0.241 e. The summed E-state index contributed by atoms with van der Waals surface area (Å²) in [5, 5.41) is 7.15. The van der Waals surface area contributed by atoms with E-state index in [9.17, 15) is 4.79 Å². The van der Waals surface area contributed by atoms with Crippen LogP contribution in [0.4, 0.5) is 0 Å². The molecule has 1 aromatic carbocycles. The first-order chi connectivity index (χ1) is 13.0. The molecule has 7 nitrogen and oxygen atoms in total. The van der Waals surface area contributed by atoms with Crippen LogP contribution in [0.25, 0.3) is 11.4 Å². The Balaban J connectivity index is 1.45. The summed E-state index contributed by atoms with van der Waals surface area (Å²) in [5.74, 6) is 1.45. The number of nitrogens with zero attached hydrogens (tertiary/aromatic N) is 4. The van der Waals surface area contributed by atoms with Crippen LogP contribution in [0.5, 0.6) is 0 Å². The number of aromatic nitrogens is 2. The minimum absolute atomic E-state index is 0.0389. The lowest BCUT2D eigenvalue weighted by Crippen LogP contribution is -2.60. The van der Waals surface area contributed by atoms with Gasteiger partial charge in [0.25, 0.3) is 0 Å². The van der Waals surface area contributed by atoms with Crippen molar-refractivity contribution in [1.82, 2.24) is 25.3 Å². The molecule has 4 rings (SSSR count). The molecule has 2 saturated heterocycles. The molecule has 2 aliphatic heterocycles. The fourth-order valence-electron chi connectivity index (χ4n) is 4.14. The van der Waals surface area contributed by atoms with E-state index < -0.39 is 0 Å². The zero-order chi connectivity index (χ0) is 18.9. The lowest BCUT2D eigenvalue weighted by atomic mass is 9.86. The zero-order valence-electron chi connectivity index (χ0n) is 16.1. The first kappa shape index (κ1) is 18.1. The molecule has 7 heteroatoms. The number of aryl methyl sites for hydroxylation is 1. The minimum atomic E-state index is 0.0389. The molecule has 2 fully saturated rings. The van der Waals surface area contributed by atoms with E-state index in [4.69, 9.17) is 4.52 Å². The molecule has 27 heavy (non-hydrogen) atoms. The molecule has 1 atom stereocenters. The molecule has 0 bridgehead atoms. The fourth-order valence-corrected chi connectivity index (χ4v) is 4.14. The summed E-state index contributed by atoms with van der Waals surface area (Å²) in [6.45, 7) is 6.31. The van der Waals surface area contributed by atoms with Crippen molar-refractivity contribution in [2.24, 2.45) is 0 Å². The Morgan fingerprint density at radius 2 is 2.04 bits per heavy atom. The van der Waals surface area contributed by atoms with E-state index >= 15 is 0 Å². The van der Waals surface area contributed by atoms with Gasteiger partial charge in [-0.2, -0.15) is 4.98 Å². The summed E-state index contributed by atoms with van der Waals surface area (Å²) in [7, 11) is 2.18. The number of nitrogens with one attached hydrogen (secondary N) is 1. The maximum atomic E-state index is 11.8. The molecular formula is C20H27N5O2. The largest absolute Gasteiger partial charge is 0.356 e. The van der Waals surface area contributed by atoms with Crippen molar-refractivity contribution in [3.63, 3.8) is 0 Å². The highest BCUT2D eigenvalue weighted by Crippen LogP contribution is 2.31. The van der Waals surface area contributed by atoms with Crippen molar-refractivity contribution < 1.29 is 9.32 Å². The molecule has 0 saturated carbocycles. The van der Waals surface area contributed by atoms with E-state index in [-0.39, 0.29) is 11.4 Å². The number of likely N-dealkylation sites (N-methyl/N-ethyl adjacent to an activating group) is 1. The van der Waals surface area contributed by atoms with Crippen LogP contribution < -0.4 is 5.32 Å². The van der Waals surface area contributed by atoms with Gasteiger partial charge in [0.15, 0.2) is 0 Å². The normalized spacial score (nSPS) is 24.7. The number of benzene rings is 1. The van der Waals surface area contributed by atoms with Crippen LogP contribution in [0.1, 0.15) is 30.7 Å². The maximum Gasteiger partial charge on any atom is 0.241 e. The average Bonchev–Trinajstić information content (AvgIpc) is 3.04. The molecule has 144 valence electrons. The van der Waals surface area contributed by atoms with Crippen LogP contribution in [0.2, 0.25) is 0 Å². The molecule has 1 N–H and O–H groups in total. The van der Waals surface area contributed by atoms with Gasteiger partial charge < -0.3 is 9.84 Å². The summed E-state index contributed by atoms with van der Waals surface area (Å²) in [4.78, 5) is 21.2. The minimum Gasteiger partial charge on any atom is -0.356 e. The standard InChI is InChI=1S/C20H27N5O2/c1-15-3-5-16(6-4-15)19-22-18(27-23-19)13-25-12-11-24(2)20(14-25)8-7-17(26)21-10-9-20/h3-6H,7-14H2,1-2H3,(H,21,26). The third kappa shape index (κ3) is 3.89. The number of hydrogen-bond donors (Lipinski definition) is 1. The Kier molecular flexibility index (Phi) is 4.97. The van der Waals surface area contributed by atoms with Gasteiger partial charge in [-0.3, -0.25) is 14.6 Å². The lowest BCUT2D eigenvalue weighted by molar-refractivity contribution is -0.121. The van der Waals surface area contributed by atoms with E-state index in [2.05, 4.69) is 51.4 Å². The van der Waals surface area contributed by atoms with Crippen molar-refractivity contribution in [3.05, 3.63) is 35.7 Å². The number of rotatable bonds is 3. The molecule has 1 unspecified atom stereocenters. The third-order valence-electron chi connectivity index (χ3n) is 5.95. The molecule has 0 radical (unpaired) electrons. The van der Waals surface area contributed by atoms with Gasteiger partial charge in [0.1, 0.15) is 0 Å². The van der Waals surface area contributed by atoms with Crippen molar-refractivity contribution in [2.45, 2.75) is 38.3 Å². The third-order valence-corrected chi connectivity index (χ3v) is 5.95. The molecule has 3 heterocycles. The number of piperazine rings is 1. The zero-order valence-corrected chi connectivity index (χ0v) is 16.1. The summed E-state index contributed by atoms with van der Waals surface area (Å²) in [5.41, 5.74) is 2.22. The van der Waals surface area contributed by atoms with Crippen molar-refractivity contribution in [2.75, 3.05) is 33.2 Å². The number of amides is 1. The van der Waals surface area contributed by atoms with Crippen molar-refractivity contribution in [3.8, 4) is 11.4 Å². The summed E-state index contributed by atoms with van der Waals surface area (Å²) >= 11 is 0. The van der Waals surface area contributed by atoms with Gasteiger partial charge in [0, 0.05) is 43.7 Å². The molecule has 1 aromatic heterocycles. The second-order valence-electron chi connectivity index (χ2n) is 7.83. The Morgan fingerprint density at radius 3 is 2.85 bits per heavy atom. The predicted molar refractivity (Wildman–Crippen MR) is 102 cm³/mol.